The minimum absolute atomic E-state index is 0.0417. The van der Waals surface area contributed by atoms with Crippen LogP contribution in [-0.4, -0.2) is 53.9 Å². The van der Waals surface area contributed by atoms with E-state index in [1.807, 2.05) is 38.8 Å². The number of piperidine rings is 1. The Kier molecular flexibility index (Phi) is 6.42. The smallest absolute Gasteiger partial charge is 0.254 e. The molecule has 0 bridgehead atoms. The number of fused-ring (bicyclic) bond motifs is 1. The summed E-state index contributed by atoms with van der Waals surface area (Å²) in [5.41, 5.74) is 2.09. The molecule has 182 valence electrons. The minimum Gasteiger partial charge on any atom is -0.367 e. The third kappa shape index (κ3) is 4.41. The molecule has 34 heavy (non-hydrogen) atoms. The van der Waals surface area contributed by atoms with E-state index in [-0.39, 0.29) is 29.5 Å². The van der Waals surface area contributed by atoms with Crippen LogP contribution in [0.5, 0.6) is 0 Å². The summed E-state index contributed by atoms with van der Waals surface area (Å²) in [6, 6.07) is 3.13. The molecule has 2 amide bonds. The lowest BCUT2D eigenvalue weighted by molar-refractivity contribution is -0.118. The zero-order valence-corrected chi connectivity index (χ0v) is 19.6. The van der Waals surface area contributed by atoms with Crippen LogP contribution in [0.25, 0.3) is 0 Å². The first-order valence-electron chi connectivity index (χ1n) is 11.3. The van der Waals surface area contributed by atoms with E-state index in [1.54, 1.807) is 0 Å². The van der Waals surface area contributed by atoms with Gasteiger partial charge in [-0.25, -0.2) is 18.2 Å². The van der Waals surface area contributed by atoms with Crippen molar-refractivity contribution in [1.82, 2.24) is 9.88 Å². The highest BCUT2D eigenvalue weighted by Gasteiger charge is 2.34. The molecule has 0 spiro atoms. The van der Waals surface area contributed by atoms with Gasteiger partial charge in [-0.3, -0.25) is 9.59 Å². The Balaban J connectivity index is 1.43. The number of benzene rings is 1. The highest BCUT2D eigenvalue weighted by Crippen LogP contribution is 2.37. The monoisotopic (exact) mass is 475 g/mol. The summed E-state index contributed by atoms with van der Waals surface area (Å²) >= 11 is 0. The average Bonchev–Trinajstić information content (AvgIpc) is 2.78. The molecule has 2 aromatic rings. The van der Waals surface area contributed by atoms with Gasteiger partial charge < -0.3 is 20.4 Å². The molecule has 4 rings (SSSR count). The van der Waals surface area contributed by atoms with Crippen LogP contribution >= 0.6 is 0 Å². The van der Waals surface area contributed by atoms with Crippen molar-refractivity contribution >= 4 is 29.0 Å². The van der Waals surface area contributed by atoms with Crippen molar-refractivity contribution in [1.29, 1.82) is 0 Å². The lowest BCUT2D eigenvalue weighted by Gasteiger charge is -2.38. The number of nitrogens with one attached hydrogen (secondary N) is 2. The lowest BCUT2D eigenvalue weighted by atomic mass is 9.98. The molecule has 0 aliphatic carbocycles. The highest BCUT2D eigenvalue weighted by atomic mass is 19.2. The molecule has 1 fully saturated rings. The minimum atomic E-state index is -1.59. The van der Waals surface area contributed by atoms with Gasteiger partial charge in [-0.1, -0.05) is 13.8 Å². The van der Waals surface area contributed by atoms with Crippen molar-refractivity contribution in [3.63, 3.8) is 0 Å². The second kappa shape index (κ2) is 9.15. The number of amides is 2. The number of aromatic nitrogens is 1. The molecule has 10 heteroatoms. The number of aryl methyl sites for hydroxylation is 1. The number of rotatable bonds is 4. The maximum absolute atomic E-state index is 13.5. The molecular weight excluding hydrogens is 447 g/mol. The molecule has 1 aromatic heterocycles. The van der Waals surface area contributed by atoms with Gasteiger partial charge in [0.05, 0.1) is 17.1 Å². The normalized spacial score (nSPS) is 18.7. The standard InChI is InChI=1S/C24H28F3N5O2/c1-12(2)22-23(33)30-21-13(3)28-19(11-18(21)31(22)4)29-15-5-7-32(8-6-15)24(34)14-9-16(25)20(27)17(26)10-14/h9-12,15,22H,5-8H2,1-4H3,(H,28,29)(H,30,33). The fourth-order valence-corrected chi connectivity index (χ4v) is 4.73. The summed E-state index contributed by atoms with van der Waals surface area (Å²) in [5, 5.41) is 6.39. The molecule has 1 unspecified atom stereocenters. The Bertz CT molecular complexity index is 1110. The van der Waals surface area contributed by atoms with Gasteiger partial charge in [0, 0.05) is 37.8 Å². The van der Waals surface area contributed by atoms with Gasteiger partial charge in [-0.05, 0) is 37.8 Å². The number of hydrogen-bond donors (Lipinski definition) is 2. The summed E-state index contributed by atoms with van der Waals surface area (Å²) < 4.78 is 40.2. The van der Waals surface area contributed by atoms with Gasteiger partial charge in [0.2, 0.25) is 5.91 Å². The average molecular weight is 476 g/mol. The number of carbonyl (C=O) groups is 2. The Morgan fingerprint density at radius 3 is 2.35 bits per heavy atom. The first-order valence-corrected chi connectivity index (χ1v) is 11.3. The van der Waals surface area contributed by atoms with Crippen molar-refractivity contribution in [3.05, 3.63) is 46.9 Å². The predicted molar refractivity (Wildman–Crippen MR) is 123 cm³/mol. The van der Waals surface area contributed by atoms with Gasteiger partial charge in [-0.15, -0.1) is 0 Å². The summed E-state index contributed by atoms with van der Waals surface area (Å²) in [4.78, 5) is 33.2. The molecular formula is C24H28F3N5O2. The van der Waals surface area contributed by atoms with Crippen molar-refractivity contribution in [2.24, 2.45) is 5.92 Å². The van der Waals surface area contributed by atoms with Crippen LogP contribution in [0, 0.1) is 30.3 Å². The van der Waals surface area contributed by atoms with E-state index in [1.165, 1.54) is 4.90 Å². The van der Waals surface area contributed by atoms with E-state index < -0.39 is 23.4 Å². The zero-order chi connectivity index (χ0) is 24.7. The zero-order valence-electron chi connectivity index (χ0n) is 19.6. The molecule has 2 aliphatic heterocycles. The van der Waals surface area contributed by atoms with E-state index in [2.05, 4.69) is 15.6 Å². The number of likely N-dealkylation sites (tertiary alicyclic amines) is 1. The third-order valence-electron chi connectivity index (χ3n) is 6.49. The number of carbonyl (C=O) groups excluding carboxylic acids is 2. The van der Waals surface area contributed by atoms with E-state index in [9.17, 15) is 22.8 Å². The Labute approximate surface area is 196 Å². The number of anilines is 3. The van der Waals surface area contributed by atoms with Crippen molar-refractivity contribution in [2.75, 3.05) is 35.7 Å². The quantitative estimate of drug-likeness (QED) is 0.656. The third-order valence-corrected chi connectivity index (χ3v) is 6.49. The first kappa shape index (κ1) is 23.8. The Morgan fingerprint density at radius 1 is 1.15 bits per heavy atom. The number of hydrogen-bond acceptors (Lipinski definition) is 5. The van der Waals surface area contributed by atoms with Crippen molar-refractivity contribution < 1.29 is 22.8 Å². The van der Waals surface area contributed by atoms with E-state index in [0.717, 1.165) is 17.8 Å². The number of halogens is 3. The predicted octanol–water partition coefficient (Wildman–Crippen LogP) is 3.94. The summed E-state index contributed by atoms with van der Waals surface area (Å²) in [6.45, 7) is 6.61. The van der Waals surface area contributed by atoms with Gasteiger partial charge in [0.25, 0.3) is 5.91 Å². The SMILES string of the molecule is Cc1nc(NC2CCN(C(=O)c3cc(F)c(F)c(F)c3)CC2)cc2c1NC(=O)C(C(C)C)N2C. The summed E-state index contributed by atoms with van der Waals surface area (Å²) in [7, 11) is 1.90. The van der Waals surface area contributed by atoms with Crippen LogP contribution in [0.3, 0.4) is 0 Å². The fraction of sp³-hybridized carbons (Fsp3) is 0.458. The van der Waals surface area contributed by atoms with E-state index in [0.29, 0.717) is 43.1 Å². The van der Waals surface area contributed by atoms with Gasteiger partial charge in [0.15, 0.2) is 17.5 Å². The maximum Gasteiger partial charge on any atom is 0.254 e. The van der Waals surface area contributed by atoms with Crippen LogP contribution < -0.4 is 15.5 Å². The first-order chi connectivity index (χ1) is 16.1. The Morgan fingerprint density at radius 2 is 1.76 bits per heavy atom. The summed E-state index contributed by atoms with van der Waals surface area (Å²) in [6.07, 6.45) is 1.22. The molecule has 1 atom stereocenters. The molecule has 0 saturated carbocycles. The summed E-state index contributed by atoms with van der Waals surface area (Å²) in [5.74, 6) is -4.12. The van der Waals surface area contributed by atoms with Gasteiger partial charge in [0.1, 0.15) is 11.9 Å². The van der Waals surface area contributed by atoms with Crippen LogP contribution in [0.4, 0.5) is 30.4 Å². The highest BCUT2D eigenvalue weighted by molar-refractivity contribution is 6.04. The number of pyridine rings is 1. The topological polar surface area (TPSA) is 77.6 Å². The maximum atomic E-state index is 13.5. The number of likely N-dealkylation sites (N-methyl/N-ethyl adjacent to an activating group) is 1. The van der Waals surface area contributed by atoms with Crippen LogP contribution in [-0.2, 0) is 4.79 Å². The molecule has 2 aliphatic rings. The molecule has 1 saturated heterocycles. The van der Waals surface area contributed by atoms with Gasteiger partial charge in [-0.2, -0.15) is 0 Å². The molecule has 1 aromatic carbocycles. The number of nitrogens with zero attached hydrogens (tertiary/aromatic N) is 3. The molecule has 2 N–H and O–H groups in total. The second-order valence-electron chi connectivity index (χ2n) is 9.24. The fourth-order valence-electron chi connectivity index (χ4n) is 4.73. The lowest BCUT2D eigenvalue weighted by Crippen LogP contribution is -2.49. The van der Waals surface area contributed by atoms with Crippen LogP contribution in [0.2, 0.25) is 0 Å². The molecule has 0 radical (unpaired) electrons. The Hall–Kier alpha value is -3.30. The van der Waals surface area contributed by atoms with Crippen LogP contribution in [0.15, 0.2) is 18.2 Å². The van der Waals surface area contributed by atoms with Crippen LogP contribution in [0.1, 0.15) is 42.7 Å². The molecule has 3 heterocycles. The molecule has 7 nitrogen and oxygen atoms in total. The van der Waals surface area contributed by atoms with Gasteiger partial charge >= 0.3 is 0 Å². The second-order valence-corrected chi connectivity index (χ2v) is 9.24. The van der Waals surface area contributed by atoms with Crippen molar-refractivity contribution in [3.8, 4) is 0 Å². The largest absolute Gasteiger partial charge is 0.367 e. The van der Waals surface area contributed by atoms with E-state index in [4.69, 9.17) is 0 Å². The van der Waals surface area contributed by atoms with Crippen molar-refractivity contribution in [2.45, 2.75) is 45.7 Å². The van der Waals surface area contributed by atoms with E-state index >= 15 is 0 Å².